The van der Waals surface area contributed by atoms with E-state index in [0.717, 1.165) is 31.6 Å². The van der Waals surface area contributed by atoms with E-state index >= 15 is 0 Å². The lowest BCUT2D eigenvalue weighted by molar-refractivity contribution is -0.147. The van der Waals surface area contributed by atoms with E-state index in [-0.39, 0.29) is 30.7 Å². The van der Waals surface area contributed by atoms with Crippen LogP contribution in [0.1, 0.15) is 36.0 Å². The van der Waals surface area contributed by atoms with Crippen LogP contribution in [0.4, 0.5) is 13.2 Å². The number of alkyl halides is 3. The number of piperidine rings is 1. The fourth-order valence-corrected chi connectivity index (χ4v) is 3.15. The number of likely N-dealkylation sites (tertiary alicyclic amines) is 1. The Kier molecular flexibility index (Phi) is 6.56. The first-order valence-electron chi connectivity index (χ1n) is 7.02. The summed E-state index contributed by atoms with van der Waals surface area (Å²) in [6.45, 7) is 3.26. The summed E-state index contributed by atoms with van der Waals surface area (Å²) >= 11 is 0. The van der Waals surface area contributed by atoms with E-state index in [4.69, 9.17) is 0 Å². The molecule has 1 aromatic heterocycles. The summed E-state index contributed by atoms with van der Waals surface area (Å²) in [6, 6.07) is 0. The minimum Gasteiger partial charge on any atom is -0.322 e. The van der Waals surface area contributed by atoms with Crippen molar-refractivity contribution in [1.82, 2.24) is 19.8 Å². The van der Waals surface area contributed by atoms with E-state index in [2.05, 4.69) is 15.2 Å². The Balaban J connectivity index is 0.00000121. The first-order chi connectivity index (χ1) is 9.47. The fraction of sp³-hybridized carbons (Fsp3) is 0.769. The predicted molar refractivity (Wildman–Crippen MR) is 82.9 cm³/mol. The van der Waals surface area contributed by atoms with Crippen LogP contribution in [-0.2, 0) is 19.3 Å². The molecule has 3 heterocycles. The van der Waals surface area contributed by atoms with Gasteiger partial charge in [0, 0.05) is 25.6 Å². The van der Waals surface area contributed by atoms with Gasteiger partial charge < -0.3 is 14.8 Å². The Labute approximate surface area is 140 Å². The maximum atomic E-state index is 13.1. The lowest BCUT2D eigenvalue weighted by Gasteiger charge is -2.29. The van der Waals surface area contributed by atoms with Crippen LogP contribution in [0.5, 0.6) is 0 Å². The number of rotatable bonds is 1. The van der Waals surface area contributed by atoms with Crippen LogP contribution in [0.15, 0.2) is 0 Å². The van der Waals surface area contributed by atoms with Gasteiger partial charge >= 0.3 is 6.18 Å². The molecule has 1 aromatic rings. The Morgan fingerprint density at radius 1 is 1.14 bits per heavy atom. The standard InChI is InChI=1S/C13H19F3N4.2ClH/c1-19-5-2-9(3-6-19)11-10-8-17-4-7-20(10)12(18-11)13(14,15)16;;/h9,17H,2-8H2,1H3;2*1H. The number of aromatic nitrogens is 2. The fourth-order valence-electron chi connectivity index (χ4n) is 3.15. The minimum atomic E-state index is -4.37. The van der Waals surface area contributed by atoms with Gasteiger partial charge in [0.05, 0.1) is 11.4 Å². The van der Waals surface area contributed by atoms with E-state index in [0.29, 0.717) is 25.3 Å². The minimum absolute atomic E-state index is 0. The molecular weight excluding hydrogens is 340 g/mol. The van der Waals surface area contributed by atoms with Crippen molar-refractivity contribution in [3.8, 4) is 0 Å². The number of imidazole rings is 1. The first kappa shape index (κ1) is 19.5. The van der Waals surface area contributed by atoms with Crippen molar-refractivity contribution < 1.29 is 13.2 Å². The molecule has 1 N–H and O–H groups in total. The number of hydrogen-bond acceptors (Lipinski definition) is 3. The highest BCUT2D eigenvalue weighted by Gasteiger charge is 2.40. The van der Waals surface area contributed by atoms with Crippen molar-refractivity contribution in [3.63, 3.8) is 0 Å². The van der Waals surface area contributed by atoms with Gasteiger partial charge in [0.25, 0.3) is 0 Å². The van der Waals surface area contributed by atoms with E-state index in [1.54, 1.807) is 0 Å². The van der Waals surface area contributed by atoms with Crippen LogP contribution < -0.4 is 5.32 Å². The summed E-state index contributed by atoms with van der Waals surface area (Å²) in [7, 11) is 2.04. The van der Waals surface area contributed by atoms with Gasteiger partial charge in [-0.05, 0) is 33.0 Å². The molecular formula is C13H21Cl2F3N4. The molecule has 4 nitrogen and oxygen atoms in total. The summed E-state index contributed by atoms with van der Waals surface area (Å²) in [5.41, 5.74) is 1.40. The van der Waals surface area contributed by atoms with E-state index in [9.17, 15) is 13.2 Å². The van der Waals surface area contributed by atoms with Crippen LogP contribution in [0, 0.1) is 0 Å². The molecule has 3 rings (SSSR count). The van der Waals surface area contributed by atoms with Crippen LogP contribution in [0.2, 0.25) is 0 Å². The molecule has 22 heavy (non-hydrogen) atoms. The quantitative estimate of drug-likeness (QED) is 0.835. The topological polar surface area (TPSA) is 33.1 Å². The van der Waals surface area contributed by atoms with Gasteiger partial charge in [-0.1, -0.05) is 0 Å². The number of hydrogen-bond donors (Lipinski definition) is 1. The highest BCUT2D eigenvalue weighted by molar-refractivity contribution is 5.85. The summed E-state index contributed by atoms with van der Waals surface area (Å²) in [5.74, 6) is -0.564. The molecule has 1 fully saturated rings. The van der Waals surface area contributed by atoms with Crippen molar-refractivity contribution >= 4 is 24.8 Å². The second-order valence-electron chi connectivity index (χ2n) is 5.67. The Morgan fingerprint density at radius 2 is 1.77 bits per heavy atom. The maximum Gasteiger partial charge on any atom is 0.449 e. The normalized spacial score (nSPS) is 20.0. The molecule has 1 saturated heterocycles. The van der Waals surface area contributed by atoms with Crippen LogP contribution >= 0.6 is 24.8 Å². The van der Waals surface area contributed by atoms with Crippen LogP contribution in [-0.4, -0.2) is 41.1 Å². The highest BCUT2D eigenvalue weighted by Crippen LogP contribution is 2.36. The Morgan fingerprint density at radius 3 is 2.36 bits per heavy atom. The van der Waals surface area contributed by atoms with E-state index in [1.807, 2.05) is 7.05 Å². The van der Waals surface area contributed by atoms with Crippen LogP contribution in [0.3, 0.4) is 0 Å². The van der Waals surface area contributed by atoms with Crippen LogP contribution in [0.25, 0.3) is 0 Å². The SMILES string of the molecule is CN1CCC(c2nc(C(F)(F)F)n3c2CNCC3)CC1.Cl.Cl. The van der Waals surface area contributed by atoms with Gasteiger partial charge in [-0.3, -0.25) is 0 Å². The molecule has 2 aliphatic heterocycles. The third-order valence-electron chi connectivity index (χ3n) is 4.27. The van der Waals surface area contributed by atoms with Gasteiger partial charge in [0.1, 0.15) is 0 Å². The second kappa shape index (κ2) is 7.38. The highest BCUT2D eigenvalue weighted by atomic mass is 35.5. The zero-order valence-electron chi connectivity index (χ0n) is 12.3. The smallest absolute Gasteiger partial charge is 0.322 e. The van der Waals surface area contributed by atoms with Crippen molar-refractivity contribution in [2.45, 2.75) is 38.0 Å². The Bertz CT molecular complexity index is 496. The lowest BCUT2D eigenvalue weighted by Crippen LogP contribution is -2.32. The van der Waals surface area contributed by atoms with Gasteiger partial charge in [-0.15, -0.1) is 24.8 Å². The molecule has 0 unspecified atom stereocenters. The zero-order chi connectivity index (χ0) is 14.3. The van der Waals surface area contributed by atoms with Gasteiger partial charge in [0.2, 0.25) is 5.82 Å². The molecule has 0 radical (unpaired) electrons. The molecule has 0 amide bonds. The van der Waals surface area contributed by atoms with Crippen molar-refractivity contribution in [3.05, 3.63) is 17.2 Å². The first-order valence-corrected chi connectivity index (χ1v) is 7.02. The van der Waals surface area contributed by atoms with Gasteiger partial charge in [0.15, 0.2) is 0 Å². The molecule has 128 valence electrons. The van der Waals surface area contributed by atoms with E-state index in [1.165, 1.54) is 4.57 Å². The van der Waals surface area contributed by atoms with Gasteiger partial charge in [-0.25, -0.2) is 4.98 Å². The van der Waals surface area contributed by atoms with Gasteiger partial charge in [-0.2, -0.15) is 13.2 Å². The third kappa shape index (κ3) is 3.69. The number of halogens is 5. The number of nitrogens with one attached hydrogen (secondary N) is 1. The van der Waals surface area contributed by atoms with Crippen molar-refractivity contribution in [2.75, 3.05) is 26.7 Å². The van der Waals surface area contributed by atoms with Crippen molar-refractivity contribution in [1.29, 1.82) is 0 Å². The zero-order valence-corrected chi connectivity index (χ0v) is 14.0. The monoisotopic (exact) mass is 360 g/mol. The largest absolute Gasteiger partial charge is 0.449 e. The lowest BCUT2D eigenvalue weighted by atomic mass is 9.92. The number of fused-ring (bicyclic) bond motifs is 1. The second-order valence-corrected chi connectivity index (χ2v) is 5.67. The molecule has 0 bridgehead atoms. The summed E-state index contributed by atoms with van der Waals surface area (Å²) in [4.78, 5) is 6.20. The molecule has 0 saturated carbocycles. The predicted octanol–water partition coefficient (Wildman–Crippen LogP) is 2.66. The summed E-state index contributed by atoms with van der Waals surface area (Å²) < 4.78 is 40.7. The number of nitrogens with zero attached hydrogens (tertiary/aromatic N) is 3. The summed E-state index contributed by atoms with van der Waals surface area (Å²) in [6.07, 6.45) is -2.59. The Hall–Kier alpha value is -0.500. The molecule has 0 aromatic carbocycles. The summed E-state index contributed by atoms with van der Waals surface area (Å²) in [5, 5.41) is 3.16. The average Bonchev–Trinajstić information content (AvgIpc) is 2.79. The maximum absolute atomic E-state index is 13.1. The third-order valence-corrected chi connectivity index (χ3v) is 4.27. The van der Waals surface area contributed by atoms with E-state index < -0.39 is 12.0 Å². The molecule has 9 heteroatoms. The molecule has 0 aliphatic carbocycles. The van der Waals surface area contributed by atoms with Crippen molar-refractivity contribution in [2.24, 2.45) is 0 Å². The average molecular weight is 361 g/mol. The molecule has 0 atom stereocenters. The molecule has 2 aliphatic rings. The molecule has 0 spiro atoms.